The number of hydrogen-bond acceptors (Lipinski definition) is 4. The summed E-state index contributed by atoms with van der Waals surface area (Å²) in [6.07, 6.45) is 4.43. The highest BCUT2D eigenvalue weighted by molar-refractivity contribution is 7.91. The van der Waals surface area contributed by atoms with Crippen LogP contribution in [0.15, 0.2) is 0 Å². The minimum Gasteiger partial charge on any atom is -0.359 e. The van der Waals surface area contributed by atoms with Crippen LogP contribution in [0.2, 0.25) is 0 Å². The van der Waals surface area contributed by atoms with Crippen LogP contribution in [-0.4, -0.2) is 62.4 Å². The molecule has 0 radical (unpaired) electrons. The Balaban J connectivity index is 1.70. The third kappa shape index (κ3) is 3.62. The summed E-state index contributed by atoms with van der Waals surface area (Å²) in [5, 5.41) is 5.35. The summed E-state index contributed by atoms with van der Waals surface area (Å²) in [4.78, 5) is 23.5. The molecule has 0 aromatic carbocycles. The summed E-state index contributed by atoms with van der Waals surface area (Å²) in [7, 11) is -3.01. The molecule has 7 nitrogen and oxygen atoms in total. The molecule has 0 aromatic heterocycles. The first kappa shape index (κ1) is 15.1. The molecule has 2 rings (SSSR count). The zero-order valence-corrected chi connectivity index (χ0v) is 12.2. The van der Waals surface area contributed by atoms with E-state index in [-0.39, 0.29) is 29.6 Å². The quantitative estimate of drug-likeness (QED) is 0.358. The van der Waals surface area contributed by atoms with Crippen LogP contribution in [0.5, 0.6) is 0 Å². The first-order chi connectivity index (χ1) is 9.53. The second-order valence-corrected chi connectivity index (χ2v) is 7.53. The van der Waals surface area contributed by atoms with Gasteiger partial charge in [-0.2, -0.15) is 0 Å². The number of carbonyl (C=O) groups is 2. The van der Waals surface area contributed by atoms with Crippen LogP contribution in [0, 0.1) is 0 Å². The van der Waals surface area contributed by atoms with Gasteiger partial charge >= 0.3 is 6.03 Å². The highest BCUT2D eigenvalue weighted by atomic mass is 32.2. The molecule has 2 N–H and O–H groups in total. The minimum atomic E-state index is -3.01. The van der Waals surface area contributed by atoms with E-state index in [4.69, 9.17) is 0 Å². The molecule has 114 valence electrons. The molecular formula is C12H21N3O4S. The minimum absolute atomic E-state index is 0.0667. The topological polar surface area (TPSA) is 95.6 Å². The van der Waals surface area contributed by atoms with Gasteiger partial charge in [0.1, 0.15) is 0 Å². The smallest absolute Gasteiger partial charge is 0.318 e. The van der Waals surface area contributed by atoms with Crippen LogP contribution in [0.3, 0.4) is 0 Å². The normalized spacial score (nSPS) is 27.2. The van der Waals surface area contributed by atoms with Crippen molar-refractivity contribution in [1.29, 1.82) is 0 Å². The SMILES string of the molecule is O=CNCCCCCCN1C(=O)N[C@H]2CS(=O)(=O)C[C@H]21. The Labute approximate surface area is 119 Å². The average molecular weight is 303 g/mol. The summed E-state index contributed by atoms with van der Waals surface area (Å²) in [6.45, 7) is 1.28. The Morgan fingerprint density at radius 3 is 2.75 bits per heavy atom. The predicted octanol–water partition coefficient (Wildman–Crippen LogP) is -0.516. The number of sulfone groups is 1. The summed E-state index contributed by atoms with van der Waals surface area (Å²) in [6, 6.07) is -0.564. The van der Waals surface area contributed by atoms with Crippen molar-refractivity contribution in [1.82, 2.24) is 15.5 Å². The number of unbranched alkanes of at least 4 members (excludes halogenated alkanes) is 3. The van der Waals surface area contributed by atoms with Gasteiger partial charge in [0, 0.05) is 13.1 Å². The van der Waals surface area contributed by atoms with E-state index < -0.39 is 9.84 Å². The van der Waals surface area contributed by atoms with E-state index in [0.29, 0.717) is 19.5 Å². The predicted molar refractivity (Wildman–Crippen MR) is 74.0 cm³/mol. The zero-order chi connectivity index (χ0) is 14.6. The molecule has 20 heavy (non-hydrogen) atoms. The van der Waals surface area contributed by atoms with Gasteiger partial charge in [-0.05, 0) is 12.8 Å². The fraction of sp³-hybridized carbons (Fsp3) is 0.833. The second-order valence-electron chi connectivity index (χ2n) is 5.38. The van der Waals surface area contributed by atoms with Crippen molar-refractivity contribution in [2.24, 2.45) is 0 Å². The molecule has 2 atom stereocenters. The molecule has 2 fully saturated rings. The molecule has 2 heterocycles. The highest BCUT2D eigenvalue weighted by Gasteiger charge is 2.48. The number of urea groups is 1. The lowest BCUT2D eigenvalue weighted by Gasteiger charge is -2.21. The van der Waals surface area contributed by atoms with Gasteiger partial charge in [-0.25, -0.2) is 13.2 Å². The number of nitrogens with zero attached hydrogens (tertiary/aromatic N) is 1. The Morgan fingerprint density at radius 2 is 2.00 bits per heavy atom. The van der Waals surface area contributed by atoms with Crippen molar-refractivity contribution in [2.45, 2.75) is 37.8 Å². The van der Waals surface area contributed by atoms with E-state index in [1.54, 1.807) is 4.90 Å². The van der Waals surface area contributed by atoms with Gasteiger partial charge < -0.3 is 15.5 Å². The van der Waals surface area contributed by atoms with E-state index in [0.717, 1.165) is 25.7 Å². The molecule has 0 saturated carbocycles. The van der Waals surface area contributed by atoms with Gasteiger partial charge in [0.05, 0.1) is 23.6 Å². The summed E-state index contributed by atoms with van der Waals surface area (Å²) < 4.78 is 23.1. The van der Waals surface area contributed by atoms with Crippen molar-refractivity contribution >= 4 is 22.3 Å². The second kappa shape index (κ2) is 6.43. The third-order valence-corrected chi connectivity index (χ3v) is 5.56. The molecule has 2 aliphatic rings. The fourth-order valence-electron chi connectivity index (χ4n) is 2.86. The summed E-state index contributed by atoms with van der Waals surface area (Å²) >= 11 is 0. The molecule has 0 aliphatic carbocycles. The lowest BCUT2D eigenvalue weighted by atomic mass is 10.1. The van der Waals surface area contributed by atoms with Crippen molar-refractivity contribution in [3.8, 4) is 0 Å². The molecule has 0 unspecified atom stereocenters. The lowest BCUT2D eigenvalue weighted by molar-refractivity contribution is -0.109. The number of rotatable bonds is 8. The van der Waals surface area contributed by atoms with Crippen LogP contribution in [0.25, 0.3) is 0 Å². The largest absolute Gasteiger partial charge is 0.359 e. The maximum absolute atomic E-state index is 11.8. The number of nitrogens with one attached hydrogen (secondary N) is 2. The van der Waals surface area contributed by atoms with Gasteiger partial charge in [0.2, 0.25) is 6.41 Å². The van der Waals surface area contributed by atoms with Gasteiger partial charge in [-0.1, -0.05) is 12.8 Å². The van der Waals surface area contributed by atoms with Crippen LogP contribution >= 0.6 is 0 Å². The Morgan fingerprint density at radius 1 is 1.25 bits per heavy atom. The summed E-state index contributed by atoms with van der Waals surface area (Å²) in [5.74, 6) is 0.150. The van der Waals surface area contributed by atoms with E-state index in [1.807, 2.05) is 0 Å². The first-order valence-electron chi connectivity index (χ1n) is 6.98. The average Bonchev–Trinajstić information content (AvgIpc) is 2.80. The van der Waals surface area contributed by atoms with E-state index in [2.05, 4.69) is 10.6 Å². The molecule has 2 aliphatic heterocycles. The number of amides is 3. The van der Waals surface area contributed by atoms with Gasteiger partial charge in [0.25, 0.3) is 0 Å². The van der Waals surface area contributed by atoms with E-state index in [1.165, 1.54) is 0 Å². The Kier molecular flexibility index (Phi) is 4.85. The Hall–Kier alpha value is -1.31. The van der Waals surface area contributed by atoms with Crippen LogP contribution in [0.1, 0.15) is 25.7 Å². The van der Waals surface area contributed by atoms with Gasteiger partial charge in [0.15, 0.2) is 9.84 Å². The third-order valence-electron chi connectivity index (χ3n) is 3.85. The van der Waals surface area contributed by atoms with E-state index >= 15 is 0 Å². The molecule has 2 saturated heterocycles. The molecular weight excluding hydrogens is 282 g/mol. The lowest BCUT2D eigenvalue weighted by Crippen LogP contribution is -2.37. The Bertz CT molecular complexity index is 465. The molecule has 0 spiro atoms. The van der Waals surface area contributed by atoms with Crippen molar-refractivity contribution in [2.75, 3.05) is 24.6 Å². The monoisotopic (exact) mass is 303 g/mol. The zero-order valence-electron chi connectivity index (χ0n) is 11.4. The molecule has 3 amide bonds. The van der Waals surface area contributed by atoms with Crippen LogP contribution in [-0.2, 0) is 14.6 Å². The number of hydrogen-bond donors (Lipinski definition) is 2. The standard InChI is InChI=1S/C12H21N3O4S/c16-9-13-5-3-1-2-4-6-15-11-8-20(18,19)7-10(11)14-12(15)17/h9-11H,1-8H2,(H,13,16)(H,14,17)/t10-,11+/m0/s1. The van der Waals surface area contributed by atoms with Gasteiger partial charge in [-0.3, -0.25) is 4.79 Å². The fourth-order valence-corrected chi connectivity index (χ4v) is 4.78. The number of carbonyl (C=O) groups excluding carboxylic acids is 2. The molecule has 0 bridgehead atoms. The van der Waals surface area contributed by atoms with E-state index in [9.17, 15) is 18.0 Å². The maximum atomic E-state index is 11.8. The van der Waals surface area contributed by atoms with Crippen LogP contribution in [0.4, 0.5) is 4.79 Å². The molecule has 0 aromatic rings. The molecule has 8 heteroatoms. The van der Waals surface area contributed by atoms with Crippen molar-refractivity contribution < 1.29 is 18.0 Å². The maximum Gasteiger partial charge on any atom is 0.318 e. The van der Waals surface area contributed by atoms with Crippen molar-refractivity contribution in [3.05, 3.63) is 0 Å². The van der Waals surface area contributed by atoms with Crippen LogP contribution < -0.4 is 10.6 Å². The highest BCUT2D eigenvalue weighted by Crippen LogP contribution is 2.24. The first-order valence-corrected chi connectivity index (χ1v) is 8.80. The number of fused-ring (bicyclic) bond motifs is 1. The summed E-state index contributed by atoms with van der Waals surface area (Å²) in [5.41, 5.74) is 0. The van der Waals surface area contributed by atoms with Crippen molar-refractivity contribution in [3.63, 3.8) is 0 Å². The van der Waals surface area contributed by atoms with Gasteiger partial charge in [-0.15, -0.1) is 0 Å².